The minimum absolute atomic E-state index is 0.385. The Kier molecular flexibility index (Phi) is 6.59. The lowest BCUT2D eigenvalue weighted by atomic mass is 9.99. The second-order valence-electron chi connectivity index (χ2n) is 4.59. The molecular formula is C12H24N2O3S. The van der Waals surface area contributed by atoms with Crippen LogP contribution in [0.25, 0.3) is 0 Å². The fraction of sp³-hybridized carbons (Fsp3) is 0.917. The van der Waals surface area contributed by atoms with Crippen LogP contribution in [0.4, 0.5) is 0 Å². The summed E-state index contributed by atoms with van der Waals surface area (Å²) in [6.07, 6.45) is 4.04. The topological polar surface area (TPSA) is 78.6 Å². The summed E-state index contributed by atoms with van der Waals surface area (Å²) in [5.41, 5.74) is 4.96. The van der Waals surface area contributed by atoms with Gasteiger partial charge in [0.1, 0.15) is 5.75 Å². The van der Waals surface area contributed by atoms with E-state index in [2.05, 4.69) is 0 Å². The van der Waals surface area contributed by atoms with Gasteiger partial charge >= 0.3 is 5.12 Å². The first-order valence-electron chi connectivity index (χ1n) is 6.68. The highest BCUT2D eigenvalue weighted by molar-refractivity contribution is 8.06. The van der Waals surface area contributed by atoms with Crippen molar-refractivity contribution in [1.29, 1.82) is 0 Å². The molecule has 2 unspecified atom stereocenters. The van der Waals surface area contributed by atoms with E-state index in [-0.39, 0.29) is 5.12 Å². The standard InChI is InChI=1S/C12H24N2O3S/c1-3-5-10-18(16)11(15)12(13)8-6-7-9-14(12)17-4-2/h3-10,13H2,1-2H3. The van der Waals surface area contributed by atoms with Crippen molar-refractivity contribution in [3.63, 3.8) is 0 Å². The molecule has 0 amide bonds. The predicted octanol–water partition coefficient (Wildman–Crippen LogP) is 1.15. The molecule has 18 heavy (non-hydrogen) atoms. The van der Waals surface area contributed by atoms with Crippen LogP contribution < -0.4 is 5.73 Å². The van der Waals surface area contributed by atoms with Gasteiger partial charge in [-0.2, -0.15) is 5.06 Å². The normalized spacial score (nSPS) is 27.1. The largest absolute Gasteiger partial charge is 0.609 e. The van der Waals surface area contributed by atoms with Crippen LogP contribution in [-0.2, 0) is 20.8 Å². The Morgan fingerprint density at radius 2 is 2.22 bits per heavy atom. The Morgan fingerprint density at radius 3 is 2.83 bits per heavy atom. The number of carbonyl (C=O) groups is 1. The van der Waals surface area contributed by atoms with Gasteiger partial charge in [-0.05, 0) is 32.6 Å². The Hall–Kier alpha value is -0.140. The van der Waals surface area contributed by atoms with E-state index in [9.17, 15) is 9.35 Å². The lowest BCUT2D eigenvalue weighted by Crippen LogP contribution is -2.65. The summed E-state index contributed by atoms with van der Waals surface area (Å²) >= 11 is -1.51. The first kappa shape index (κ1) is 15.9. The van der Waals surface area contributed by atoms with Gasteiger partial charge in [0, 0.05) is 17.7 Å². The van der Waals surface area contributed by atoms with E-state index in [0.717, 1.165) is 25.7 Å². The summed E-state index contributed by atoms with van der Waals surface area (Å²) in [5, 5.41) is 1.15. The van der Waals surface area contributed by atoms with Crippen LogP contribution in [0, 0.1) is 0 Å². The monoisotopic (exact) mass is 276 g/mol. The van der Waals surface area contributed by atoms with Gasteiger partial charge in [-0.15, -0.1) is 0 Å². The highest BCUT2D eigenvalue weighted by Crippen LogP contribution is 2.27. The highest BCUT2D eigenvalue weighted by atomic mass is 32.2. The van der Waals surface area contributed by atoms with E-state index < -0.39 is 16.8 Å². The third kappa shape index (κ3) is 3.68. The third-order valence-electron chi connectivity index (χ3n) is 3.14. The van der Waals surface area contributed by atoms with Gasteiger partial charge in [0.25, 0.3) is 0 Å². The molecule has 1 saturated heterocycles. The molecule has 0 bridgehead atoms. The summed E-state index contributed by atoms with van der Waals surface area (Å²) in [6.45, 7) is 4.95. The smallest absolute Gasteiger partial charge is 0.365 e. The van der Waals surface area contributed by atoms with Crippen molar-refractivity contribution >= 4 is 16.3 Å². The number of carbonyl (C=O) groups excluding carboxylic acids is 1. The van der Waals surface area contributed by atoms with Crippen LogP contribution in [0.15, 0.2) is 0 Å². The van der Waals surface area contributed by atoms with Crippen molar-refractivity contribution in [1.82, 2.24) is 5.06 Å². The zero-order chi connectivity index (χ0) is 13.6. The number of rotatable bonds is 6. The maximum atomic E-state index is 12.3. The molecule has 0 saturated carbocycles. The number of hydrogen-bond donors (Lipinski definition) is 1. The molecule has 1 rings (SSSR count). The van der Waals surface area contributed by atoms with E-state index in [1.54, 1.807) is 0 Å². The Balaban J connectivity index is 2.71. The molecule has 2 N–H and O–H groups in total. The van der Waals surface area contributed by atoms with Crippen molar-refractivity contribution in [3.05, 3.63) is 0 Å². The van der Waals surface area contributed by atoms with Crippen LogP contribution >= 0.6 is 0 Å². The van der Waals surface area contributed by atoms with Crippen LogP contribution in [0.1, 0.15) is 46.0 Å². The van der Waals surface area contributed by atoms with Gasteiger partial charge in [-0.25, -0.2) is 4.79 Å². The molecule has 1 aliphatic rings. The van der Waals surface area contributed by atoms with Gasteiger partial charge in [0.05, 0.1) is 6.61 Å². The number of piperidine rings is 1. The van der Waals surface area contributed by atoms with Gasteiger partial charge in [0.2, 0.25) is 5.66 Å². The fourth-order valence-corrected chi connectivity index (χ4v) is 3.41. The Bertz CT molecular complexity index is 276. The number of unbranched alkanes of at least 4 members (excludes halogenated alkanes) is 1. The minimum atomic E-state index is -1.51. The Morgan fingerprint density at radius 1 is 1.50 bits per heavy atom. The molecule has 6 heteroatoms. The third-order valence-corrected chi connectivity index (χ3v) is 4.57. The van der Waals surface area contributed by atoms with Gasteiger partial charge in [0.15, 0.2) is 0 Å². The summed E-state index contributed by atoms with van der Waals surface area (Å²) in [5.74, 6) is 0.397. The molecule has 1 heterocycles. The van der Waals surface area contributed by atoms with E-state index in [4.69, 9.17) is 10.6 Å². The molecule has 5 nitrogen and oxygen atoms in total. The van der Waals surface area contributed by atoms with Crippen molar-refractivity contribution in [2.24, 2.45) is 5.73 Å². The average Bonchev–Trinajstić information content (AvgIpc) is 2.38. The fourth-order valence-electron chi connectivity index (χ4n) is 2.08. The van der Waals surface area contributed by atoms with E-state index in [1.165, 1.54) is 5.06 Å². The number of nitrogens with zero attached hydrogens (tertiary/aromatic N) is 1. The van der Waals surface area contributed by atoms with Gasteiger partial charge < -0.3 is 10.3 Å². The second kappa shape index (κ2) is 7.45. The predicted molar refractivity (Wildman–Crippen MR) is 72.0 cm³/mol. The summed E-state index contributed by atoms with van der Waals surface area (Å²) in [4.78, 5) is 17.7. The van der Waals surface area contributed by atoms with Crippen molar-refractivity contribution in [2.75, 3.05) is 18.9 Å². The van der Waals surface area contributed by atoms with E-state index in [1.807, 2.05) is 13.8 Å². The first-order valence-corrected chi connectivity index (χ1v) is 8.00. The van der Waals surface area contributed by atoms with Crippen molar-refractivity contribution in [3.8, 4) is 0 Å². The van der Waals surface area contributed by atoms with Crippen molar-refractivity contribution in [2.45, 2.75) is 51.6 Å². The van der Waals surface area contributed by atoms with Crippen LogP contribution in [0.3, 0.4) is 0 Å². The molecule has 0 spiro atoms. The van der Waals surface area contributed by atoms with Crippen LogP contribution in [-0.4, -0.2) is 39.3 Å². The molecule has 0 aromatic carbocycles. The van der Waals surface area contributed by atoms with Crippen molar-refractivity contribution < 1.29 is 14.2 Å². The molecule has 0 radical (unpaired) electrons. The van der Waals surface area contributed by atoms with Gasteiger partial charge in [-0.3, -0.25) is 4.84 Å². The minimum Gasteiger partial charge on any atom is -0.609 e. The maximum absolute atomic E-state index is 12.3. The SMILES string of the molecule is CCCC[S+]([O-])C(=O)C1(N)CCCCN1OCC. The second-order valence-corrected chi connectivity index (χ2v) is 6.06. The zero-order valence-corrected chi connectivity index (χ0v) is 12.1. The molecule has 1 fully saturated rings. The first-order chi connectivity index (χ1) is 8.56. The maximum Gasteiger partial charge on any atom is 0.365 e. The average molecular weight is 276 g/mol. The number of hydroxylamine groups is 2. The summed E-state index contributed by atoms with van der Waals surface area (Å²) in [6, 6.07) is 0. The lowest BCUT2D eigenvalue weighted by Gasteiger charge is -2.40. The lowest BCUT2D eigenvalue weighted by molar-refractivity contribution is -0.225. The number of nitrogens with two attached hydrogens (primary N) is 1. The molecular weight excluding hydrogens is 252 g/mol. The van der Waals surface area contributed by atoms with E-state index in [0.29, 0.717) is 25.3 Å². The van der Waals surface area contributed by atoms with Crippen LogP contribution in [0.2, 0.25) is 0 Å². The molecule has 0 aliphatic carbocycles. The number of hydrogen-bond acceptors (Lipinski definition) is 5. The Labute approximate surface area is 112 Å². The molecule has 0 aromatic heterocycles. The zero-order valence-electron chi connectivity index (χ0n) is 11.3. The summed E-state index contributed by atoms with van der Waals surface area (Å²) < 4.78 is 12.0. The van der Waals surface area contributed by atoms with Crippen LogP contribution in [0.5, 0.6) is 0 Å². The van der Waals surface area contributed by atoms with E-state index >= 15 is 0 Å². The summed E-state index contributed by atoms with van der Waals surface area (Å²) in [7, 11) is 0. The molecule has 106 valence electrons. The molecule has 2 atom stereocenters. The molecule has 0 aromatic rings. The quantitative estimate of drug-likeness (QED) is 0.736. The van der Waals surface area contributed by atoms with Gasteiger partial charge in [-0.1, -0.05) is 13.3 Å². The molecule has 1 aliphatic heterocycles. The highest BCUT2D eigenvalue weighted by Gasteiger charge is 2.49.